The van der Waals surface area contributed by atoms with Gasteiger partial charge in [0.2, 0.25) is 5.91 Å². The van der Waals surface area contributed by atoms with E-state index in [0.29, 0.717) is 6.42 Å². The van der Waals surface area contributed by atoms with Gasteiger partial charge in [-0.05, 0) is 27.2 Å². The van der Waals surface area contributed by atoms with Crippen LogP contribution in [0.3, 0.4) is 0 Å². The molecule has 1 atom stereocenters. The molecule has 0 aromatic carbocycles. The first-order chi connectivity index (χ1) is 7.74. The first-order valence-corrected chi connectivity index (χ1v) is 5.80. The van der Waals surface area contributed by atoms with Crippen LogP contribution in [0, 0.1) is 5.92 Å². The number of hydrogen-bond acceptors (Lipinski definition) is 4. The number of nitrogens with zero attached hydrogens (tertiary/aromatic N) is 1. The number of carbonyl (C=O) groups excluding carboxylic acids is 3. The Kier molecular flexibility index (Phi) is 3.91. The van der Waals surface area contributed by atoms with E-state index in [-0.39, 0.29) is 24.7 Å². The van der Waals surface area contributed by atoms with Crippen molar-refractivity contribution in [3.8, 4) is 0 Å². The van der Waals surface area contributed by atoms with Crippen LogP contribution in [0.4, 0.5) is 4.79 Å². The van der Waals surface area contributed by atoms with Crippen LogP contribution in [0.1, 0.15) is 40.5 Å². The van der Waals surface area contributed by atoms with Gasteiger partial charge in [-0.2, -0.15) is 0 Å². The lowest BCUT2D eigenvalue weighted by molar-refractivity contribution is -0.141. The molecule has 1 aliphatic heterocycles. The van der Waals surface area contributed by atoms with Crippen molar-refractivity contribution in [3.63, 3.8) is 0 Å². The molecule has 17 heavy (non-hydrogen) atoms. The van der Waals surface area contributed by atoms with Gasteiger partial charge in [-0.1, -0.05) is 6.92 Å². The Morgan fingerprint density at radius 2 is 2.00 bits per heavy atom. The number of amides is 2. The summed E-state index contributed by atoms with van der Waals surface area (Å²) in [6, 6.07) is 0. The second-order valence-corrected chi connectivity index (χ2v) is 5.23. The van der Waals surface area contributed by atoms with Gasteiger partial charge in [0, 0.05) is 12.5 Å². The summed E-state index contributed by atoms with van der Waals surface area (Å²) in [6.45, 7) is 7.22. The van der Waals surface area contributed by atoms with Crippen molar-refractivity contribution in [2.45, 2.75) is 46.1 Å². The summed E-state index contributed by atoms with van der Waals surface area (Å²) in [5.74, 6) is -0.800. The summed E-state index contributed by atoms with van der Waals surface area (Å²) in [4.78, 5) is 35.9. The van der Waals surface area contributed by atoms with Gasteiger partial charge < -0.3 is 4.74 Å². The molecule has 1 aliphatic rings. The fourth-order valence-electron chi connectivity index (χ4n) is 1.66. The maximum absolute atomic E-state index is 11.8. The Morgan fingerprint density at radius 1 is 1.41 bits per heavy atom. The van der Waals surface area contributed by atoms with Gasteiger partial charge in [-0.3, -0.25) is 9.59 Å². The third kappa shape index (κ3) is 3.54. The van der Waals surface area contributed by atoms with Crippen LogP contribution < -0.4 is 0 Å². The summed E-state index contributed by atoms with van der Waals surface area (Å²) < 4.78 is 5.13. The van der Waals surface area contributed by atoms with E-state index in [0.717, 1.165) is 4.90 Å². The number of ether oxygens (including phenoxy) is 1. The smallest absolute Gasteiger partial charge is 0.417 e. The molecule has 1 fully saturated rings. The quantitative estimate of drug-likeness (QED) is 0.656. The maximum atomic E-state index is 11.8. The predicted molar refractivity (Wildman–Crippen MR) is 61.4 cm³/mol. The highest BCUT2D eigenvalue weighted by molar-refractivity contribution is 6.06. The topological polar surface area (TPSA) is 63.7 Å². The highest BCUT2D eigenvalue weighted by atomic mass is 16.6. The average molecular weight is 241 g/mol. The minimum Gasteiger partial charge on any atom is -0.443 e. The normalized spacial score (nSPS) is 21.6. The lowest BCUT2D eigenvalue weighted by atomic mass is 9.94. The molecule has 5 nitrogen and oxygen atoms in total. The van der Waals surface area contributed by atoms with Crippen LogP contribution in [0.25, 0.3) is 0 Å². The van der Waals surface area contributed by atoms with Crippen LogP contribution in [-0.2, 0) is 14.3 Å². The first-order valence-electron chi connectivity index (χ1n) is 5.80. The van der Waals surface area contributed by atoms with Crippen LogP contribution in [0.15, 0.2) is 0 Å². The minimum absolute atomic E-state index is 0.0858. The minimum atomic E-state index is -0.659. The number of Topliss-reactive ketones (excluding diaryl/α,β-unsaturated/α-hetero) is 1. The van der Waals surface area contributed by atoms with Crippen molar-refractivity contribution in [2.24, 2.45) is 5.92 Å². The molecule has 0 aliphatic carbocycles. The second kappa shape index (κ2) is 4.85. The molecule has 0 aromatic rings. The third-order valence-electron chi connectivity index (χ3n) is 2.59. The first kappa shape index (κ1) is 13.7. The van der Waals surface area contributed by atoms with Gasteiger partial charge in [-0.15, -0.1) is 0 Å². The average Bonchev–Trinajstić information content (AvgIpc) is 2.14. The number of likely N-dealkylation sites (tertiary alicyclic amines) is 1. The SMILES string of the molecule is CCC1CN(C(=O)OC(C)(C)C)C(=O)CC1=O. The molecule has 5 heteroatoms. The van der Waals surface area contributed by atoms with Gasteiger partial charge in [0.15, 0.2) is 0 Å². The molecule has 1 rings (SSSR count). The molecule has 2 amide bonds. The zero-order valence-electron chi connectivity index (χ0n) is 10.8. The van der Waals surface area contributed by atoms with Crippen molar-refractivity contribution in [3.05, 3.63) is 0 Å². The van der Waals surface area contributed by atoms with E-state index in [2.05, 4.69) is 0 Å². The van der Waals surface area contributed by atoms with Crippen molar-refractivity contribution < 1.29 is 19.1 Å². The van der Waals surface area contributed by atoms with Crippen LogP contribution in [0.2, 0.25) is 0 Å². The number of imide groups is 1. The second-order valence-electron chi connectivity index (χ2n) is 5.23. The number of hydrogen-bond donors (Lipinski definition) is 0. The van der Waals surface area contributed by atoms with Gasteiger partial charge >= 0.3 is 6.09 Å². The van der Waals surface area contributed by atoms with Gasteiger partial charge in [0.05, 0.1) is 6.42 Å². The van der Waals surface area contributed by atoms with Crippen molar-refractivity contribution >= 4 is 17.8 Å². The molecule has 96 valence electrons. The van der Waals surface area contributed by atoms with Crippen LogP contribution >= 0.6 is 0 Å². The summed E-state index contributed by atoms with van der Waals surface area (Å²) in [7, 11) is 0. The Bertz CT molecular complexity index is 343. The fraction of sp³-hybridized carbons (Fsp3) is 0.750. The number of piperidine rings is 1. The van der Waals surface area contributed by atoms with E-state index in [9.17, 15) is 14.4 Å². The maximum Gasteiger partial charge on any atom is 0.417 e. The van der Waals surface area contributed by atoms with E-state index in [1.807, 2.05) is 6.92 Å². The molecule has 1 saturated heterocycles. The Labute approximate surface area is 101 Å². The molecule has 0 saturated carbocycles. The van der Waals surface area contributed by atoms with Gasteiger partial charge in [0.25, 0.3) is 0 Å². The lowest BCUT2D eigenvalue weighted by Gasteiger charge is -2.31. The Morgan fingerprint density at radius 3 is 2.47 bits per heavy atom. The Balaban J connectivity index is 2.73. The third-order valence-corrected chi connectivity index (χ3v) is 2.59. The molecular formula is C12H19NO4. The molecule has 0 spiro atoms. The molecular weight excluding hydrogens is 222 g/mol. The van der Waals surface area contributed by atoms with E-state index in [4.69, 9.17) is 4.74 Å². The summed E-state index contributed by atoms with van der Waals surface area (Å²) in [6.07, 6.45) is -0.225. The molecule has 0 N–H and O–H groups in total. The van der Waals surface area contributed by atoms with E-state index >= 15 is 0 Å². The highest BCUT2D eigenvalue weighted by Gasteiger charge is 2.36. The predicted octanol–water partition coefficient (Wildman–Crippen LogP) is 1.75. The fourth-order valence-corrected chi connectivity index (χ4v) is 1.66. The van der Waals surface area contributed by atoms with Crippen molar-refractivity contribution in [1.82, 2.24) is 4.90 Å². The largest absolute Gasteiger partial charge is 0.443 e. The zero-order chi connectivity index (χ0) is 13.2. The zero-order valence-corrected chi connectivity index (χ0v) is 10.8. The molecule has 0 bridgehead atoms. The molecule has 1 heterocycles. The highest BCUT2D eigenvalue weighted by Crippen LogP contribution is 2.19. The standard InChI is InChI=1S/C12H19NO4/c1-5-8-7-13(10(15)6-9(8)14)11(16)17-12(2,3)4/h8H,5-7H2,1-4H3. The Hall–Kier alpha value is -1.39. The van der Waals surface area contributed by atoms with E-state index in [1.165, 1.54) is 0 Å². The number of ketones is 1. The van der Waals surface area contributed by atoms with Crippen LogP contribution in [-0.4, -0.2) is 34.8 Å². The van der Waals surface area contributed by atoms with Crippen molar-refractivity contribution in [2.75, 3.05) is 6.54 Å². The van der Waals surface area contributed by atoms with Crippen LogP contribution in [0.5, 0.6) is 0 Å². The van der Waals surface area contributed by atoms with Crippen molar-refractivity contribution in [1.29, 1.82) is 0 Å². The summed E-state index contributed by atoms with van der Waals surface area (Å²) in [5.41, 5.74) is -0.638. The molecule has 0 aromatic heterocycles. The number of carbonyl (C=O) groups is 3. The van der Waals surface area contributed by atoms with E-state index < -0.39 is 17.6 Å². The molecule has 1 unspecified atom stereocenters. The summed E-state index contributed by atoms with van der Waals surface area (Å²) in [5, 5.41) is 0. The number of rotatable bonds is 1. The molecule has 0 radical (unpaired) electrons. The monoisotopic (exact) mass is 241 g/mol. The van der Waals surface area contributed by atoms with Gasteiger partial charge in [-0.25, -0.2) is 9.69 Å². The van der Waals surface area contributed by atoms with Gasteiger partial charge in [0.1, 0.15) is 11.4 Å². The van der Waals surface area contributed by atoms with E-state index in [1.54, 1.807) is 20.8 Å². The lowest BCUT2D eigenvalue weighted by Crippen LogP contribution is -2.49. The summed E-state index contributed by atoms with van der Waals surface area (Å²) >= 11 is 0.